The van der Waals surface area contributed by atoms with Crippen molar-refractivity contribution in [3.8, 4) is 0 Å². The number of ketones is 1. The van der Waals surface area contributed by atoms with Gasteiger partial charge < -0.3 is 15.3 Å². The van der Waals surface area contributed by atoms with Crippen LogP contribution in [-0.4, -0.2) is 28.2 Å². The van der Waals surface area contributed by atoms with Crippen molar-refractivity contribution < 1.29 is 9.59 Å². The fraction of sp³-hybridized carbons (Fsp3) is 0.0769. The second kappa shape index (κ2) is 7.95. The molecule has 152 valence electrons. The van der Waals surface area contributed by atoms with Gasteiger partial charge in [0.25, 0.3) is 5.91 Å². The van der Waals surface area contributed by atoms with Crippen LogP contribution in [0, 0.1) is 0 Å². The Kier molecular flexibility index (Phi) is 4.84. The molecule has 0 radical (unpaired) electrons. The first-order valence-corrected chi connectivity index (χ1v) is 10.2. The third-order valence-electron chi connectivity index (χ3n) is 5.58. The molecule has 1 amide bonds. The number of rotatable bonds is 6. The van der Waals surface area contributed by atoms with Crippen LogP contribution in [0.5, 0.6) is 0 Å². The van der Waals surface area contributed by atoms with Crippen molar-refractivity contribution in [2.75, 3.05) is 6.54 Å². The first-order chi connectivity index (χ1) is 15.2. The lowest BCUT2D eigenvalue weighted by molar-refractivity contribution is 0.0953. The summed E-state index contributed by atoms with van der Waals surface area (Å²) in [5, 5.41) is 4.92. The molecule has 0 saturated carbocycles. The standard InChI is InChI=1S/C26H21N3O2/c30-25(17-6-2-1-3-7-17)22-16-29-24-11-10-18(14-21(22)24)26(31)27-13-12-19-15-28-23-9-5-4-8-20(19)23/h1-11,14-16,28-29H,12-13H2,(H,27,31). The first-order valence-electron chi connectivity index (χ1n) is 10.2. The van der Waals surface area contributed by atoms with Crippen molar-refractivity contribution in [2.45, 2.75) is 6.42 Å². The van der Waals surface area contributed by atoms with E-state index in [1.807, 2.05) is 48.7 Å². The van der Waals surface area contributed by atoms with Gasteiger partial charge in [-0.1, -0.05) is 48.5 Å². The minimum absolute atomic E-state index is 0.0660. The number of fused-ring (bicyclic) bond motifs is 2. The van der Waals surface area contributed by atoms with E-state index in [1.165, 1.54) is 10.9 Å². The largest absolute Gasteiger partial charge is 0.361 e. The van der Waals surface area contributed by atoms with Crippen LogP contribution in [0.2, 0.25) is 0 Å². The molecule has 0 unspecified atom stereocenters. The Hall–Kier alpha value is -4.12. The molecule has 2 aromatic heterocycles. The third-order valence-corrected chi connectivity index (χ3v) is 5.58. The summed E-state index contributed by atoms with van der Waals surface area (Å²) in [6.07, 6.45) is 4.43. The Bertz CT molecular complexity index is 1400. The number of aromatic nitrogens is 2. The maximum atomic E-state index is 12.9. The maximum Gasteiger partial charge on any atom is 0.251 e. The van der Waals surface area contributed by atoms with Crippen LogP contribution in [0.15, 0.2) is 85.2 Å². The van der Waals surface area contributed by atoms with Crippen molar-refractivity contribution in [2.24, 2.45) is 0 Å². The molecule has 5 aromatic rings. The van der Waals surface area contributed by atoms with Gasteiger partial charge in [-0.2, -0.15) is 0 Å². The number of H-pyrrole nitrogens is 2. The summed E-state index contributed by atoms with van der Waals surface area (Å²) in [7, 11) is 0. The smallest absolute Gasteiger partial charge is 0.251 e. The van der Waals surface area contributed by atoms with Crippen LogP contribution in [0.25, 0.3) is 21.8 Å². The summed E-state index contributed by atoms with van der Waals surface area (Å²) in [5.74, 6) is -0.218. The van der Waals surface area contributed by atoms with Gasteiger partial charge in [0.05, 0.1) is 0 Å². The number of amides is 1. The van der Waals surface area contributed by atoms with Crippen LogP contribution < -0.4 is 5.32 Å². The molecule has 0 bridgehead atoms. The van der Waals surface area contributed by atoms with E-state index in [4.69, 9.17) is 0 Å². The highest BCUT2D eigenvalue weighted by molar-refractivity contribution is 6.17. The van der Waals surface area contributed by atoms with Crippen molar-refractivity contribution in [3.05, 3.63) is 107 Å². The van der Waals surface area contributed by atoms with Gasteiger partial charge in [0, 0.05) is 57.4 Å². The number of benzene rings is 3. The summed E-state index contributed by atoms with van der Waals surface area (Å²) in [6, 6.07) is 22.7. The average Bonchev–Trinajstić information content (AvgIpc) is 3.43. The van der Waals surface area contributed by atoms with Gasteiger partial charge in [0.1, 0.15) is 0 Å². The highest BCUT2D eigenvalue weighted by atomic mass is 16.1. The van der Waals surface area contributed by atoms with Crippen LogP contribution in [0.1, 0.15) is 31.8 Å². The fourth-order valence-electron chi connectivity index (χ4n) is 3.95. The highest BCUT2D eigenvalue weighted by Gasteiger charge is 2.16. The zero-order valence-electron chi connectivity index (χ0n) is 16.8. The molecule has 0 fully saturated rings. The number of carbonyl (C=O) groups is 2. The van der Waals surface area contributed by atoms with Gasteiger partial charge in [-0.15, -0.1) is 0 Å². The monoisotopic (exact) mass is 407 g/mol. The van der Waals surface area contributed by atoms with Crippen molar-refractivity contribution in [1.29, 1.82) is 0 Å². The molecule has 0 aliphatic rings. The Morgan fingerprint density at radius 1 is 0.742 bits per heavy atom. The van der Waals surface area contributed by atoms with Gasteiger partial charge in [-0.25, -0.2) is 0 Å². The molecule has 5 heteroatoms. The third kappa shape index (κ3) is 3.62. The van der Waals surface area contributed by atoms with Gasteiger partial charge in [-0.3, -0.25) is 9.59 Å². The Morgan fingerprint density at radius 2 is 1.48 bits per heavy atom. The molecule has 2 heterocycles. The number of hydrogen-bond donors (Lipinski definition) is 3. The lowest BCUT2D eigenvalue weighted by Crippen LogP contribution is -2.25. The van der Waals surface area contributed by atoms with Gasteiger partial charge in [-0.05, 0) is 36.2 Å². The molecule has 0 aliphatic heterocycles. The van der Waals surface area contributed by atoms with Crippen molar-refractivity contribution >= 4 is 33.5 Å². The van der Waals surface area contributed by atoms with E-state index < -0.39 is 0 Å². The van der Waals surface area contributed by atoms with E-state index in [2.05, 4.69) is 21.4 Å². The summed E-state index contributed by atoms with van der Waals surface area (Å²) in [5.41, 5.74) is 4.82. The normalized spacial score (nSPS) is 11.1. The SMILES string of the molecule is O=C(NCCc1c[nH]c2ccccc12)c1ccc2[nH]cc(C(=O)c3ccccc3)c2c1. The van der Waals surface area contributed by atoms with Crippen LogP contribution in [0.4, 0.5) is 0 Å². The van der Waals surface area contributed by atoms with E-state index >= 15 is 0 Å². The Labute approximate surface area is 179 Å². The molecule has 5 rings (SSSR count). The average molecular weight is 407 g/mol. The van der Waals surface area contributed by atoms with Gasteiger partial charge in [0.15, 0.2) is 5.78 Å². The Morgan fingerprint density at radius 3 is 2.35 bits per heavy atom. The van der Waals surface area contributed by atoms with E-state index in [9.17, 15) is 9.59 Å². The molecule has 0 aliphatic carbocycles. The zero-order chi connectivity index (χ0) is 21.2. The van der Waals surface area contributed by atoms with E-state index in [0.717, 1.165) is 22.8 Å². The predicted octanol–water partition coefficient (Wildman–Crippen LogP) is 4.85. The molecule has 31 heavy (non-hydrogen) atoms. The van der Waals surface area contributed by atoms with E-state index in [-0.39, 0.29) is 11.7 Å². The lowest BCUT2D eigenvalue weighted by Gasteiger charge is -2.06. The molecule has 3 aromatic carbocycles. The summed E-state index contributed by atoms with van der Waals surface area (Å²) < 4.78 is 0. The van der Waals surface area contributed by atoms with Crippen LogP contribution in [-0.2, 0) is 6.42 Å². The summed E-state index contributed by atoms with van der Waals surface area (Å²) in [4.78, 5) is 32.0. The summed E-state index contributed by atoms with van der Waals surface area (Å²) >= 11 is 0. The fourth-order valence-corrected chi connectivity index (χ4v) is 3.95. The first kappa shape index (κ1) is 18.9. The zero-order valence-corrected chi connectivity index (χ0v) is 16.8. The topological polar surface area (TPSA) is 77.8 Å². The van der Waals surface area contributed by atoms with Gasteiger partial charge in [0.2, 0.25) is 0 Å². The minimum Gasteiger partial charge on any atom is -0.361 e. The molecule has 5 nitrogen and oxygen atoms in total. The number of carbonyl (C=O) groups excluding carboxylic acids is 2. The molecular weight excluding hydrogens is 386 g/mol. The maximum absolute atomic E-state index is 12.9. The minimum atomic E-state index is -0.152. The van der Waals surface area contributed by atoms with E-state index in [0.29, 0.717) is 23.2 Å². The van der Waals surface area contributed by atoms with Crippen LogP contribution in [0.3, 0.4) is 0 Å². The second-order valence-corrected chi connectivity index (χ2v) is 7.52. The molecular formula is C26H21N3O2. The van der Waals surface area contributed by atoms with Crippen molar-refractivity contribution in [1.82, 2.24) is 15.3 Å². The molecule has 0 saturated heterocycles. The number of para-hydroxylation sites is 1. The van der Waals surface area contributed by atoms with Crippen LogP contribution >= 0.6 is 0 Å². The number of hydrogen-bond acceptors (Lipinski definition) is 2. The highest BCUT2D eigenvalue weighted by Crippen LogP contribution is 2.23. The Balaban J connectivity index is 1.32. The molecule has 3 N–H and O–H groups in total. The quantitative estimate of drug-likeness (QED) is 0.352. The summed E-state index contributed by atoms with van der Waals surface area (Å²) in [6.45, 7) is 0.529. The molecule has 0 atom stereocenters. The lowest BCUT2D eigenvalue weighted by atomic mass is 10.0. The van der Waals surface area contributed by atoms with Gasteiger partial charge >= 0.3 is 0 Å². The predicted molar refractivity (Wildman–Crippen MR) is 123 cm³/mol. The number of nitrogens with one attached hydrogen (secondary N) is 3. The number of aromatic amines is 2. The second-order valence-electron chi connectivity index (χ2n) is 7.52. The van der Waals surface area contributed by atoms with Crippen molar-refractivity contribution in [3.63, 3.8) is 0 Å². The molecule has 0 spiro atoms. The van der Waals surface area contributed by atoms with E-state index in [1.54, 1.807) is 30.5 Å².